The van der Waals surface area contributed by atoms with Crippen molar-refractivity contribution in [3.05, 3.63) is 28.8 Å². The molecule has 6 nitrogen and oxygen atoms in total. The standard InChI is InChI=1S/C22H32ClN3O3S/c1-17-6-4-12-25(15-17)30(28,29)21-14-18(8-9-20(21)23)22(27)26-13-5-7-19(26)16-24-10-2-3-11-24/h8-9,14,17,19H,2-7,10-13,15-16H2,1H3. The minimum absolute atomic E-state index is 0.0550. The van der Waals surface area contributed by atoms with E-state index in [4.69, 9.17) is 11.6 Å². The lowest BCUT2D eigenvalue weighted by Crippen LogP contribution is -2.42. The van der Waals surface area contributed by atoms with Gasteiger partial charge in [0, 0.05) is 37.8 Å². The zero-order chi connectivity index (χ0) is 21.3. The molecule has 1 aromatic rings. The van der Waals surface area contributed by atoms with E-state index in [0.29, 0.717) is 24.6 Å². The molecule has 1 aromatic carbocycles. The molecule has 3 aliphatic heterocycles. The first-order valence-electron chi connectivity index (χ1n) is 11.2. The number of benzene rings is 1. The predicted molar refractivity (Wildman–Crippen MR) is 118 cm³/mol. The Labute approximate surface area is 185 Å². The van der Waals surface area contributed by atoms with Gasteiger partial charge in [0.25, 0.3) is 5.91 Å². The summed E-state index contributed by atoms with van der Waals surface area (Å²) in [6.45, 7) is 6.93. The summed E-state index contributed by atoms with van der Waals surface area (Å²) in [4.78, 5) is 17.7. The monoisotopic (exact) mass is 453 g/mol. The number of carbonyl (C=O) groups is 1. The van der Waals surface area contributed by atoms with Crippen LogP contribution < -0.4 is 0 Å². The van der Waals surface area contributed by atoms with E-state index in [1.807, 2.05) is 4.90 Å². The fourth-order valence-electron chi connectivity index (χ4n) is 5.06. The summed E-state index contributed by atoms with van der Waals surface area (Å²) in [7, 11) is -3.71. The lowest BCUT2D eigenvalue weighted by molar-refractivity contribution is 0.0708. The Balaban J connectivity index is 1.55. The number of hydrogen-bond donors (Lipinski definition) is 0. The van der Waals surface area contributed by atoms with Gasteiger partial charge in [-0.15, -0.1) is 0 Å². The van der Waals surface area contributed by atoms with Crippen molar-refractivity contribution in [2.45, 2.75) is 56.4 Å². The number of sulfonamides is 1. The van der Waals surface area contributed by atoms with Gasteiger partial charge in [-0.3, -0.25) is 4.79 Å². The van der Waals surface area contributed by atoms with Gasteiger partial charge < -0.3 is 9.80 Å². The van der Waals surface area contributed by atoms with E-state index in [0.717, 1.165) is 51.9 Å². The molecule has 3 heterocycles. The third kappa shape index (κ3) is 4.54. The van der Waals surface area contributed by atoms with Crippen LogP contribution in [0.4, 0.5) is 0 Å². The summed E-state index contributed by atoms with van der Waals surface area (Å²) >= 11 is 6.31. The van der Waals surface area contributed by atoms with Crippen LogP contribution in [0.2, 0.25) is 5.02 Å². The SMILES string of the molecule is CC1CCCN(S(=O)(=O)c2cc(C(=O)N3CCCC3CN3CCCC3)ccc2Cl)C1. The Morgan fingerprint density at radius 2 is 1.80 bits per heavy atom. The highest BCUT2D eigenvalue weighted by atomic mass is 35.5. The smallest absolute Gasteiger partial charge is 0.254 e. The molecule has 0 bridgehead atoms. The summed E-state index contributed by atoms with van der Waals surface area (Å²) in [6, 6.07) is 4.91. The number of hydrogen-bond acceptors (Lipinski definition) is 4. The molecular weight excluding hydrogens is 422 g/mol. The van der Waals surface area contributed by atoms with Gasteiger partial charge in [-0.25, -0.2) is 8.42 Å². The number of nitrogens with zero attached hydrogens (tertiary/aromatic N) is 3. The van der Waals surface area contributed by atoms with Gasteiger partial charge in [-0.2, -0.15) is 4.31 Å². The van der Waals surface area contributed by atoms with Crippen LogP contribution in [0.25, 0.3) is 0 Å². The molecule has 166 valence electrons. The Morgan fingerprint density at radius 3 is 2.53 bits per heavy atom. The number of likely N-dealkylation sites (tertiary alicyclic amines) is 2. The maximum atomic E-state index is 13.3. The molecule has 3 aliphatic rings. The first-order valence-corrected chi connectivity index (χ1v) is 13.0. The van der Waals surface area contributed by atoms with Gasteiger partial charge in [0.1, 0.15) is 4.90 Å². The quantitative estimate of drug-likeness (QED) is 0.685. The predicted octanol–water partition coefficient (Wildman–Crippen LogP) is 3.46. The highest BCUT2D eigenvalue weighted by Crippen LogP contribution is 2.30. The molecule has 30 heavy (non-hydrogen) atoms. The zero-order valence-corrected chi connectivity index (χ0v) is 19.3. The zero-order valence-electron chi connectivity index (χ0n) is 17.7. The van der Waals surface area contributed by atoms with Crippen molar-refractivity contribution >= 4 is 27.5 Å². The van der Waals surface area contributed by atoms with Crippen LogP contribution in [-0.4, -0.2) is 73.7 Å². The van der Waals surface area contributed by atoms with Crippen molar-refractivity contribution < 1.29 is 13.2 Å². The Morgan fingerprint density at radius 1 is 1.07 bits per heavy atom. The van der Waals surface area contributed by atoms with Gasteiger partial charge in [-0.05, 0) is 75.7 Å². The van der Waals surface area contributed by atoms with Crippen LogP contribution >= 0.6 is 11.6 Å². The van der Waals surface area contributed by atoms with Crippen LogP contribution in [0.1, 0.15) is 55.8 Å². The van der Waals surface area contributed by atoms with Crippen LogP contribution in [0.5, 0.6) is 0 Å². The molecule has 3 saturated heterocycles. The molecule has 0 N–H and O–H groups in total. The maximum absolute atomic E-state index is 13.3. The van der Waals surface area contributed by atoms with Crippen LogP contribution in [0.15, 0.2) is 23.1 Å². The molecule has 1 amide bonds. The van der Waals surface area contributed by atoms with Gasteiger partial charge in [0.05, 0.1) is 5.02 Å². The Hall–Kier alpha value is -1.15. The second-order valence-corrected chi connectivity index (χ2v) is 11.4. The number of piperidine rings is 1. The normalized spacial score (nSPS) is 26.4. The molecule has 3 fully saturated rings. The van der Waals surface area contributed by atoms with Crippen molar-refractivity contribution in [1.29, 1.82) is 0 Å². The minimum atomic E-state index is -3.71. The van der Waals surface area contributed by atoms with E-state index in [1.165, 1.54) is 23.2 Å². The molecule has 0 spiro atoms. The fourth-order valence-corrected chi connectivity index (χ4v) is 7.16. The molecule has 8 heteroatoms. The lowest BCUT2D eigenvalue weighted by atomic mass is 10.0. The number of amides is 1. The van der Waals surface area contributed by atoms with Crippen molar-refractivity contribution in [1.82, 2.24) is 14.1 Å². The van der Waals surface area contributed by atoms with Gasteiger partial charge in [0.15, 0.2) is 0 Å². The molecular formula is C22H32ClN3O3S. The third-order valence-electron chi connectivity index (χ3n) is 6.72. The molecule has 0 aliphatic carbocycles. The van der Waals surface area contributed by atoms with Crippen molar-refractivity contribution in [2.75, 3.05) is 39.3 Å². The summed E-state index contributed by atoms with van der Waals surface area (Å²) in [6.07, 6.45) is 6.35. The maximum Gasteiger partial charge on any atom is 0.254 e. The van der Waals surface area contributed by atoms with Crippen LogP contribution in [-0.2, 0) is 10.0 Å². The second-order valence-electron chi connectivity index (χ2n) is 9.06. The molecule has 0 radical (unpaired) electrons. The first-order chi connectivity index (χ1) is 14.4. The molecule has 4 rings (SSSR count). The summed E-state index contributed by atoms with van der Waals surface area (Å²) in [5, 5.41) is 0.180. The topological polar surface area (TPSA) is 60.9 Å². The average Bonchev–Trinajstić information content (AvgIpc) is 3.40. The molecule has 2 atom stereocenters. The van der Waals surface area contributed by atoms with Gasteiger partial charge >= 0.3 is 0 Å². The Kier molecular flexibility index (Phi) is 6.73. The van der Waals surface area contributed by atoms with Crippen LogP contribution in [0.3, 0.4) is 0 Å². The van der Waals surface area contributed by atoms with Crippen molar-refractivity contribution in [3.8, 4) is 0 Å². The van der Waals surface area contributed by atoms with Crippen molar-refractivity contribution in [3.63, 3.8) is 0 Å². The highest BCUT2D eigenvalue weighted by Gasteiger charge is 2.34. The third-order valence-corrected chi connectivity index (χ3v) is 9.07. The first kappa shape index (κ1) is 22.1. The number of rotatable bonds is 5. The summed E-state index contributed by atoms with van der Waals surface area (Å²) in [5.74, 6) is 0.241. The van der Waals surface area contributed by atoms with Gasteiger partial charge in [-0.1, -0.05) is 18.5 Å². The largest absolute Gasteiger partial charge is 0.334 e. The Bertz CT molecular complexity index is 886. The minimum Gasteiger partial charge on any atom is -0.334 e. The van der Waals surface area contributed by atoms with Crippen molar-refractivity contribution in [2.24, 2.45) is 5.92 Å². The number of halogens is 1. The van der Waals surface area contributed by atoms with Gasteiger partial charge in [0.2, 0.25) is 10.0 Å². The summed E-state index contributed by atoms with van der Waals surface area (Å²) in [5.41, 5.74) is 0.413. The number of carbonyl (C=O) groups excluding carboxylic acids is 1. The van der Waals surface area contributed by atoms with E-state index in [-0.39, 0.29) is 21.9 Å². The fraction of sp³-hybridized carbons (Fsp3) is 0.682. The van der Waals surface area contributed by atoms with E-state index in [1.54, 1.807) is 12.1 Å². The molecule has 0 aromatic heterocycles. The summed E-state index contributed by atoms with van der Waals surface area (Å²) < 4.78 is 28.0. The van der Waals surface area contributed by atoms with E-state index < -0.39 is 10.0 Å². The second kappa shape index (κ2) is 9.15. The van der Waals surface area contributed by atoms with E-state index >= 15 is 0 Å². The van der Waals surface area contributed by atoms with E-state index in [9.17, 15) is 13.2 Å². The van der Waals surface area contributed by atoms with E-state index in [2.05, 4.69) is 11.8 Å². The molecule has 0 saturated carbocycles. The van der Waals surface area contributed by atoms with Crippen LogP contribution in [0, 0.1) is 5.92 Å². The lowest BCUT2D eigenvalue weighted by Gasteiger charge is -2.31. The molecule has 2 unspecified atom stereocenters. The average molecular weight is 454 g/mol. The highest BCUT2D eigenvalue weighted by molar-refractivity contribution is 7.89.